The van der Waals surface area contributed by atoms with Gasteiger partial charge in [-0.3, -0.25) is 14.7 Å². The highest BCUT2D eigenvalue weighted by atomic mass is 16.3. The van der Waals surface area contributed by atoms with E-state index >= 15 is 0 Å². The van der Waals surface area contributed by atoms with Gasteiger partial charge in [-0.25, -0.2) is 10.1 Å². The fourth-order valence-electron chi connectivity index (χ4n) is 2.89. The first-order valence-electron chi connectivity index (χ1n) is 8.81. The van der Waals surface area contributed by atoms with Crippen LogP contribution in [0.25, 0.3) is 5.69 Å². The van der Waals surface area contributed by atoms with Gasteiger partial charge in [-0.1, -0.05) is 6.07 Å². The van der Waals surface area contributed by atoms with Crippen LogP contribution < -0.4 is 11.0 Å². The molecular weight excluding hydrogens is 356 g/mol. The number of nitrogens with zero attached hydrogens (tertiary/aromatic N) is 2. The zero-order valence-electron chi connectivity index (χ0n) is 16.2. The lowest BCUT2D eigenvalue weighted by Gasteiger charge is -2.05. The number of H-pyrrole nitrogens is 1. The number of carbonyl (C=O) groups excluding carboxylic acids is 1. The molecule has 0 unspecified atom stereocenters. The van der Waals surface area contributed by atoms with Crippen molar-refractivity contribution in [1.82, 2.24) is 15.2 Å². The van der Waals surface area contributed by atoms with Gasteiger partial charge < -0.3 is 5.11 Å². The molecule has 3 N–H and O–H groups in total. The summed E-state index contributed by atoms with van der Waals surface area (Å²) < 4.78 is 1.47. The monoisotopic (exact) mass is 378 g/mol. The van der Waals surface area contributed by atoms with Crippen LogP contribution in [0.4, 0.5) is 0 Å². The highest BCUT2D eigenvalue weighted by Crippen LogP contribution is 2.14. The molecule has 0 saturated carbocycles. The van der Waals surface area contributed by atoms with Crippen LogP contribution >= 0.6 is 0 Å². The van der Waals surface area contributed by atoms with Crippen molar-refractivity contribution in [2.75, 3.05) is 0 Å². The van der Waals surface area contributed by atoms with Gasteiger partial charge in [0.2, 0.25) is 0 Å². The second kappa shape index (κ2) is 7.56. The highest BCUT2D eigenvalue weighted by Gasteiger charge is 2.16. The van der Waals surface area contributed by atoms with E-state index in [4.69, 9.17) is 0 Å². The molecule has 1 aromatic heterocycles. The molecule has 1 heterocycles. The smallest absolute Gasteiger partial charge is 0.280 e. The van der Waals surface area contributed by atoms with E-state index in [0.29, 0.717) is 22.5 Å². The van der Waals surface area contributed by atoms with Gasteiger partial charge >= 0.3 is 0 Å². The summed E-state index contributed by atoms with van der Waals surface area (Å²) in [7, 11) is 0. The van der Waals surface area contributed by atoms with E-state index in [2.05, 4.69) is 15.6 Å². The lowest BCUT2D eigenvalue weighted by atomic mass is 10.1. The maximum atomic E-state index is 12.9. The summed E-state index contributed by atoms with van der Waals surface area (Å²) in [5.41, 5.74) is 7.00. The van der Waals surface area contributed by atoms with E-state index in [-0.39, 0.29) is 11.3 Å². The van der Waals surface area contributed by atoms with Crippen molar-refractivity contribution in [1.29, 1.82) is 0 Å². The molecule has 0 aliphatic carbocycles. The molecule has 0 aliphatic rings. The number of benzene rings is 2. The van der Waals surface area contributed by atoms with E-state index in [1.165, 1.54) is 28.9 Å². The van der Waals surface area contributed by atoms with Crippen molar-refractivity contribution < 1.29 is 9.90 Å². The summed E-state index contributed by atoms with van der Waals surface area (Å²) in [6, 6.07) is 11.6. The molecule has 144 valence electrons. The number of aromatic nitrogens is 2. The van der Waals surface area contributed by atoms with Crippen molar-refractivity contribution in [3.8, 4) is 11.4 Å². The number of hydrogen-bond acceptors (Lipinski definition) is 4. The number of hydrazone groups is 1. The predicted octanol–water partition coefficient (Wildman–Crippen LogP) is 2.95. The Balaban J connectivity index is 1.88. The normalized spacial score (nSPS) is 11.5. The average molecular weight is 378 g/mol. The van der Waals surface area contributed by atoms with Crippen LogP contribution in [0.2, 0.25) is 0 Å². The lowest BCUT2D eigenvalue weighted by Crippen LogP contribution is -2.23. The number of nitrogens with one attached hydrogen (secondary N) is 2. The number of amides is 1. The summed E-state index contributed by atoms with van der Waals surface area (Å²) in [6.07, 6.45) is 0. The summed E-state index contributed by atoms with van der Waals surface area (Å²) in [4.78, 5) is 25.1. The quantitative estimate of drug-likeness (QED) is 0.481. The van der Waals surface area contributed by atoms with Crippen molar-refractivity contribution in [3.63, 3.8) is 0 Å². The Hall–Kier alpha value is -3.61. The number of aromatic amines is 1. The molecule has 3 aromatic rings. The standard InChI is InChI=1S/C21H22N4O3/c1-12-5-8-17(11-13(12)2)25-21(28)19(15(4)24-25)14(3)22-23-20(27)16-6-9-18(26)10-7-16/h5-11,24,26H,1-4H3,(H,23,27)/b22-14+. The van der Waals surface area contributed by atoms with Crippen LogP contribution in [0.3, 0.4) is 0 Å². The Labute approximate surface area is 162 Å². The molecule has 7 heteroatoms. The molecule has 2 aromatic carbocycles. The van der Waals surface area contributed by atoms with Crippen LogP contribution in [0, 0.1) is 20.8 Å². The minimum Gasteiger partial charge on any atom is -0.508 e. The number of carbonyl (C=O) groups is 1. The average Bonchev–Trinajstić information content (AvgIpc) is 2.96. The zero-order valence-corrected chi connectivity index (χ0v) is 16.2. The topological polar surface area (TPSA) is 99.5 Å². The molecule has 0 radical (unpaired) electrons. The van der Waals surface area contributed by atoms with Gasteiger partial charge in [0.25, 0.3) is 11.5 Å². The van der Waals surface area contributed by atoms with E-state index in [9.17, 15) is 14.7 Å². The first-order valence-corrected chi connectivity index (χ1v) is 8.81. The van der Waals surface area contributed by atoms with Gasteiger partial charge in [-0.15, -0.1) is 0 Å². The third-order valence-electron chi connectivity index (χ3n) is 4.64. The number of hydrogen-bond donors (Lipinski definition) is 3. The van der Waals surface area contributed by atoms with E-state index in [1.54, 1.807) is 13.8 Å². The van der Waals surface area contributed by atoms with E-state index in [1.807, 2.05) is 32.0 Å². The highest BCUT2D eigenvalue weighted by molar-refractivity contribution is 6.01. The van der Waals surface area contributed by atoms with Crippen LogP contribution in [-0.4, -0.2) is 26.5 Å². The molecular formula is C21H22N4O3. The van der Waals surface area contributed by atoms with Crippen LogP contribution in [0.5, 0.6) is 5.75 Å². The first kappa shape index (κ1) is 19.2. The molecule has 0 aliphatic heterocycles. The molecule has 0 fully saturated rings. The third kappa shape index (κ3) is 3.73. The van der Waals surface area contributed by atoms with Crippen molar-refractivity contribution >= 4 is 11.6 Å². The predicted molar refractivity (Wildman–Crippen MR) is 108 cm³/mol. The Kier molecular flexibility index (Phi) is 5.17. The molecule has 0 saturated heterocycles. The first-order chi connectivity index (χ1) is 13.3. The molecule has 0 spiro atoms. The van der Waals surface area contributed by atoms with Crippen LogP contribution in [-0.2, 0) is 0 Å². The molecule has 28 heavy (non-hydrogen) atoms. The van der Waals surface area contributed by atoms with Gasteiger partial charge in [-0.05, 0) is 75.2 Å². The molecule has 7 nitrogen and oxygen atoms in total. The molecule has 0 atom stereocenters. The lowest BCUT2D eigenvalue weighted by molar-refractivity contribution is 0.0955. The number of phenols is 1. The Morgan fingerprint density at radius 1 is 1.07 bits per heavy atom. The van der Waals surface area contributed by atoms with Gasteiger partial charge in [0.15, 0.2) is 0 Å². The van der Waals surface area contributed by atoms with E-state index in [0.717, 1.165) is 16.8 Å². The largest absolute Gasteiger partial charge is 0.508 e. The molecule has 1 amide bonds. The van der Waals surface area contributed by atoms with Crippen molar-refractivity contribution in [3.05, 3.63) is 80.8 Å². The second-order valence-electron chi connectivity index (χ2n) is 6.71. The minimum atomic E-state index is -0.429. The Morgan fingerprint density at radius 3 is 2.39 bits per heavy atom. The minimum absolute atomic E-state index is 0.0751. The summed E-state index contributed by atoms with van der Waals surface area (Å²) >= 11 is 0. The maximum Gasteiger partial charge on any atom is 0.280 e. The number of aryl methyl sites for hydroxylation is 3. The van der Waals surface area contributed by atoms with Gasteiger partial charge in [-0.2, -0.15) is 5.10 Å². The Bertz CT molecular complexity index is 1120. The number of aromatic hydroxyl groups is 1. The maximum absolute atomic E-state index is 12.9. The SMILES string of the molecule is C/C(=N\NC(=O)c1ccc(O)cc1)c1c(C)[nH]n(-c2ccc(C)c(C)c2)c1=O. The van der Waals surface area contributed by atoms with Gasteiger partial charge in [0.05, 0.1) is 17.0 Å². The zero-order chi connectivity index (χ0) is 20.4. The number of phenolic OH excluding ortho intramolecular Hbond substituents is 1. The van der Waals surface area contributed by atoms with Crippen molar-refractivity contribution in [2.24, 2.45) is 5.10 Å². The van der Waals surface area contributed by atoms with Crippen LogP contribution in [0.1, 0.15) is 39.7 Å². The summed E-state index contributed by atoms with van der Waals surface area (Å²) in [5.74, 6) is -0.354. The fourth-order valence-corrected chi connectivity index (χ4v) is 2.89. The molecule has 3 rings (SSSR count). The van der Waals surface area contributed by atoms with Crippen LogP contribution in [0.15, 0.2) is 52.4 Å². The third-order valence-corrected chi connectivity index (χ3v) is 4.64. The van der Waals surface area contributed by atoms with Gasteiger partial charge in [0.1, 0.15) is 5.75 Å². The number of rotatable bonds is 4. The Morgan fingerprint density at radius 2 is 1.75 bits per heavy atom. The van der Waals surface area contributed by atoms with Crippen molar-refractivity contribution in [2.45, 2.75) is 27.7 Å². The summed E-state index contributed by atoms with van der Waals surface area (Å²) in [6.45, 7) is 7.46. The fraction of sp³-hybridized carbons (Fsp3) is 0.190. The van der Waals surface area contributed by atoms with E-state index < -0.39 is 5.91 Å². The molecule has 0 bridgehead atoms. The van der Waals surface area contributed by atoms with Gasteiger partial charge in [0, 0.05) is 11.3 Å². The second-order valence-corrected chi connectivity index (χ2v) is 6.71. The summed E-state index contributed by atoms with van der Waals surface area (Å²) in [5, 5.41) is 16.4.